The number of hydrogen-bond acceptors (Lipinski definition) is 4. The summed E-state index contributed by atoms with van der Waals surface area (Å²) < 4.78 is 9.84. The lowest BCUT2D eigenvalue weighted by atomic mass is 10.1. The maximum Gasteiger partial charge on any atom is 0.346 e. The van der Waals surface area contributed by atoms with Crippen LogP contribution in [0.2, 0.25) is 0 Å². The summed E-state index contributed by atoms with van der Waals surface area (Å²) >= 11 is 0. The first kappa shape index (κ1) is 12.2. The van der Waals surface area contributed by atoms with Gasteiger partial charge in [-0.2, -0.15) is 0 Å². The summed E-state index contributed by atoms with van der Waals surface area (Å²) in [6, 6.07) is 6.61. The molecule has 0 spiro atoms. The summed E-state index contributed by atoms with van der Waals surface area (Å²) in [4.78, 5) is 22.1. The van der Waals surface area contributed by atoms with Crippen molar-refractivity contribution in [2.24, 2.45) is 0 Å². The first-order valence-electron chi connectivity index (χ1n) is 4.90. The van der Waals surface area contributed by atoms with Gasteiger partial charge < -0.3 is 9.47 Å². The topological polar surface area (TPSA) is 52.6 Å². The van der Waals surface area contributed by atoms with E-state index in [1.54, 1.807) is 31.2 Å². The van der Waals surface area contributed by atoms with E-state index in [0.717, 1.165) is 0 Å². The molecule has 1 atom stereocenters. The molecule has 0 bridgehead atoms. The Morgan fingerprint density at radius 2 is 1.75 bits per heavy atom. The van der Waals surface area contributed by atoms with E-state index in [-0.39, 0.29) is 5.78 Å². The summed E-state index contributed by atoms with van der Waals surface area (Å²) in [5, 5.41) is 0. The van der Waals surface area contributed by atoms with Crippen molar-refractivity contribution in [3.8, 4) is 5.75 Å². The predicted molar refractivity (Wildman–Crippen MR) is 58.6 cm³/mol. The number of ketones is 1. The lowest BCUT2D eigenvalue weighted by Gasteiger charge is -2.12. The molecule has 4 nitrogen and oxygen atoms in total. The smallest absolute Gasteiger partial charge is 0.346 e. The van der Waals surface area contributed by atoms with Crippen LogP contribution >= 0.6 is 0 Å². The molecule has 0 radical (unpaired) electrons. The summed E-state index contributed by atoms with van der Waals surface area (Å²) in [6.07, 6.45) is -0.659. The molecule has 0 saturated heterocycles. The van der Waals surface area contributed by atoms with Crippen LogP contribution in [0.15, 0.2) is 24.3 Å². The van der Waals surface area contributed by atoms with E-state index in [0.29, 0.717) is 11.3 Å². The van der Waals surface area contributed by atoms with E-state index in [1.165, 1.54) is 14.0 Å². The van der Waals surface area contributed by atoms with Crippen LogP contribution in [0.4, 0.5) is 0 Å². The Balaban J connectivity index is 2.68. The van der Waals surface area contributed by atoms with E-state index >= 15 is 0 Å². The van der Waals surface area contributed by atoms with Crippen molar-refractivity contribution in [1.82, 2.24) is 0 Å². The minimum absolute atomic E-state index is 0.00688. The number of esters is 1. The summed E-state index contributed by atoms with van der Waals surface area (Å²) in [7, 11) is 1.31. The molecule has 0 heterocycles. The quantitative estimate of drug-likeness (QED) is 0.576. The van der Waals surface area contributed by atoms with Crippen LogP contribution in [0.25, 0.3) is 0 Å². The van der Waals surface area contributed by atoms with Gasteiger partial charge in [-0.05, 0) is 38.1 Å². The lowest BCUT2D eigenvalue weighted by Crippen LogP contribution is -2.24. The van der Waals surface area contributed by atoms with Crippen LogP contribution < -0.4 is 4.74 Å². The number of methoxy groups -OCH3 is 1. The van der Waals surface area contributed by atoms with Crippen molar-refractivity contribution in [3.63, 3.8) is 0 Å². The van der Waals surface area contributed by atoms with E-state index < -0.39 is 12.1 Å². The molecular formula is C12H14O4. The first-order chi connectivity index (χ1) is 7.54. The third-order valence-corrected chi connectivity index (χ3v) is 2.11. The van der Waals surface area contributed by atoms with Crippen molar-refractivity contribution >= 4 is 11.8 Å². The number of rotatable bonds is 4. The van der Waals surface area contributed by atoms with E-state index in [2.05, 4.69) is 4.74 Å². The molecule has 0 fully saturated rings. The predicted octanol–water partition coefficient (Wildman–Crippen LogP) is 1.83. The molecule has 0 aromatic heterocycles. The van der Waals surface area contributed by atoms with E-state index in [9.17, 15) is 9.59 Å². The fourth-order valence-corrected chi connectivity index (χ4v) is 1.19. The van der Waals surface area contributed by atoms with Gasteiger partial charge in [0.2, 0.25) is 0 Å². The van der Waals surface area contributed by atoms with Crippen molar-refractivity contribution in [2.75, 3.05) is 7.11 Å². The Bertz CT molecular complexity index is 381. The van der Waals surface area contributed by atoms with Gasteiger partial charge in [0.15, 0.2) is 11.9 Å². The van der Waals surface area contributed by atoms with Crippen LogP contribution in [-0.4, -0.2) is 25.0 Å². The Kier molecular flexibility index (Phi) is 4.05. The summed E-state index contributed by atoms with van der Waals surface area (Å²) in [5.74, 6) is 0.0890. The molecule has 0 N–H and O–H groups in total. The van der Waals surface area contributed by atoms with E-state index in [1.807, 2.05) is 0 Å². The monoisotopic (exact) mass is 222 g/mol. The second-order valence-corrected chi connectivity index (χ2v) is 3.36. The van der Waals surface area contributed by atoms with Crippen molar-refractivity contribution < 1.29 is 19.1 Å². The zero-order valence-electron chi connectivity index (χ0n) is 9.52. The largest absolute Gasteiger partial charge is 0.479 e. The highest BCUT2D eigenvalue weighted by Crippen LogP contribution is 2.14. The van der Waals surface area contributed by atoms with Gasteiger partial charge in [-0.25, -0.2) is 4.79 Å². The molecule has 0 saturated carbocycles. The SMILES string of the molecule is COC(=O)[C@H](C)Oc1ccc(C(C)=O)cc1. The van der Waals surface area contributed by atoms with Crippen LogP contribution in [0.1, 0.15) is 24.2 Å². The van der Waals surface area contributed by atoms with Gasteiger partial charge >= 0.3 is 5.97 Å². The van der Waals surface area contributed by atoms with E-state index in [4.69, 9.17) is 4.74 Å². The summed E-state index contributed by atoms with van der Waals surface area (Å²) in [6.45, 7) is 3.09. The van der Waals surface area contributed by atoms with Crippen LogP contribution in [-0.2, 0) is 9.53 Å². The van der Waals surface area contributed by atoms with Gasteiger partial charge in [0.1, 0.15) is 5.75 Å². The maximum absolute atomic E-state index is 11.1. The Morgan fingerprint density at radius 3 is 2.19 bits per heavy atom. The fraction of sp³-hybridized carbons (Fsp3) is 0.333. The molecule has 86 valence electrons. The summed E-state index contributed by atoms with van der Waals surface area (Å²) in [5.41, 5.74) is 0.609. The third kappa shape index (κ3) is 3.08. The Hall–Kier alpha value is -1.84. The van der Waals surface area contributed by atoms with Gasteiger partial charge in [-0.1, -0.05) is 0 Å². The van der Waals surface area contributed by atoms with Gasteiger partial charge in [-0.15, -0.1) is 0 Å². The van der Waals surface area contributed by atoms with Gasteiger partial charge in [0.25, 0.3) is 0 Å². The Labute approximate surface area is 94.2 Å². The minimum Gasteiger partial charge on any atom is -0.479 e. The fourth-order valence-electron chi connectivity index (χ4n) is 1.19. The van der Waals surface area contributed by atoms with Crippen LogP contribution in [0.3, 0.4) is 0 Å². The van der Waals surface area contributed by atoms with Gasteiger partial charge in [0, 0.05) is 5.56 Å². The standard InChI is InChI=1S/C12H14O4/c1-8(13)10-4-6-11(7-5-10)16-9(2)12(14)15-3/h4-7,9H,1-3H3/t9-/m0/s1. The molecule has 0 aliphatic carbocycles. The average molecular weight is 222 g/mol. The molecule has 0 unspecified atom stereocenters. The highest BCUT2D eigenvalue weighted by atomic mass is 16.6. The second-order valence-electron chi connectivity index (χ2n) is 3.36. The van der Waals surface area contributed by atoms with Gasteiger partial charge in [0.05, 0.1) is 7.11 Å². The first-order valence-corrected chi connectivity index (χ1v) is 4.90. The normalized spacial score (nSPS) is 11.7. The number of hydrogen-bond donors (Lipinski definition) is 0. The number of carbonyl (C=O) groups is 2. The van der Waals surface area contributed by atoms with Crippen molar-refractivity contribution in [1.29, 1.82) is 0 Å². The maximum atomic E-state index is 11.1. The third-order valence-electron chi connectivity index (χ3n) is 2.11. The molecule has 1 aromatic carbocycles. The highest BCUT2D eigenvalue weighted by molar-refractivity contribution is 5.94. The highest BCUT2D eigenvalue weighted by Gasteiger charge is 2.14. The number of ether oxygens (including phenoxy) is 2. The molecule has 0 amide bonds. The van der Waals surface area contributed by atoms with Crippen LogP contribution in [0, 0.1) is 0 Å². The molecule has 4 heteroatoms. The average Bonchev–Trinajstić information content (AvgIpc) is 2.28. The Morgan fingerprint density at radius 1 is 1.19 bits per heavy atom. The number of Topliss-reactive ketones (excluding diaryl/α,β-unsaturated/α-hetero) is 1. The molecular weight excluding hydrogens is 208 g/mol. The number of benzene rings is 1. The van der Waals surface area contributed by atoms with Gasteiger partial charge in [-0.3, -0.25) is 4.79 Å². The molecule has 1 aromatic rings. The number of carbonyl (C=O) groups excluding carboxylic acids is 2. The molecule has 16 heavy (non-hydrogen) atoms. The minimum atomic E-state index is -0.659. The van der Waals surface area contributed by atoms with Crippen LogP contribution in [0.5, 0.6) is 5.75 Å². The molecule has 1 rings (SSSR count). The van der Waals surface area contributed by atoms with Crippen molar-refractivity contribution in [3.05, 3.63) is 29.8 Å². The molecule has 0 aliphatic rings. The zero-order valence-corrected chi connectivity index (χ0v) is 9.52. The second kappa shape index (κ2) is 5.30. The lowest BCUT2D eigenvalue weighted by molar-refractivity contribution is -0.147. The van der Waals surface area contributed by atoms with Crippen molar-refractivity contribution in [2.45, 2.75) is 20.0 Å². The zero-order chi connectivity index (χ0) is 12.1. The molecule has 0 aliphatic heterocycles.